The average molecular weight is 239 g/mol. The van der Waals surface area contributed by atoms with Crippen LogP contribution < -0.4 is 5.32 Å². The molecule has 1 aliphatic carbocycles. The minimum absolute atomic E-state index is 0.133. The van der Waals surface area contributed by atoms with Crippen LogP contribution in [-0.4, -0.2) is 28.8 Å². The highest BCUT2D eigenvalue weighted by Gasteiger charge is 2.26. The highest BCUT2D eigenvalue weighted by molar-refractivity contribution is 5.88. The molecule has 0 radical (unpaired) electrons. The number of aryl methyl sites for hydroxylation is 1. The van der Waals surface area contributed by atoms with Crippen LogP contribution in [0.1, 0.15) is 34.7 Å². The van der Waals surface area contributed by atoms with Gasteiger partial charge in [0.25, 0.3) is 0 Å². The molecule has 2 rings (SSSR count). The van der Waals surface area contributed by atoms with Crippen LogP contribution in [0, 0.1) is 12.8 Å². The van der Waals surface area contributed by atoms with Gasteiger partial charge in [-0.05, 0) is 38.3 Å². The van der Waals surface area contributed by atoms with Crippen molar-refractivity contribution in [2.24, 2.45) is 5.92 Å². The molecule has 0 aliphatic heterocycles. The zero-order valence-electron chi connectivity index (χ0n) is 9.77. The summed E-state index contributed by atoms with van der Waals surface area (Å²) >= 11 is 0. The van der Waals surface area contributed by atoms with Crippen molar-refractivity contribution in [2.75, 3.05) is 6.54 Å². The van der Waals surface area contributed by atoms with Gasteiger partial charge in [-0.1, -0.05) is 0 Å². The van der Waals surface area contributed by atoms with E-state index in [9.17, 15) is 4.79 Å². The van der Waals surface area contributed by atoms with Crippen LogP contribution in [-0.2, 0) is 6.54 Å². The molecule has 0 spiro atoms. The van der Waals surface area contributed by atoms with E-state index in [0.717, 1.165) is 19.4 Å². The minimum atomic E-state index is -0.959. The Kier molecular flexibility index (Phi) is 3.49. The smallest absolute Gasteiger partial charge is 0.339 e. The summed E-state index contributed by atoms with van der Waals surface area (Å²) in [5.74, 6) is 0.646. The molecule has 0 bridgehead atoms. The molecular weight excluding hydrogens is 222 g/mol. The fraction of sp³-hybridized carbons (Fsp3) is 0.583. The van der Waals surface area contributed by atoms with Crippen molar-refractivity contribution in [3.05, 3.63) is 23.2 Å². The van der Waals surface area contributed by atoms with E-state index in [1.807, 2.05) is 0 Å². The van der Waals surface area contributed by atoms with E-state index in [2.05, 4.69) is 5.32 Å². The molecule has 94 valence electrons. The Balaban J connectivity index is 1.79. The fourth-order valence-corrected chi connectivity index (χ4v) is 2.11. The Morgan fingerprint density at radius 1 is 1.59 bits per heavy atom. The summed E-state index contributed by atoms with van der Waals surface area (Å²) in [6.45, 7) is 3.01. The summed E-state index contributed by atoms with van der Waals surface area (Å²) in [5.41, 5.74) is 0.223. The Morgan fingerprint density at radius 2 is 2.29 bits per heavy atom. The van der Waals surface area contributed by atoms with Crippen molar-refractivity contribution in [3.8, 4) is 0 Å². The highest BCUT2D eigenvalue weighted by atomic mass is 16.4. The molecule has 0 saturated heterocycles. The topological polar surface area (TPSA) is 82.7 Å². The lowest BCUT2D eigenvalue weighted by molar-refractivity contribution is 0.0428. The number of hydrogen-bond donors (Lipinski definition) is 3. The average Bonchev–Trinajstić information content (AvgIpc) is 2.57. The van der Waals surface area contributed by atoms with Gasteiger partial charge >= 0.3 is 5.97 Å². The molecule has 1 saturated carbocycles. The molecule has 1 aliphatic rings. The summed E-state index contributed by atoms with van der Waals surface area (Å²) in [5, 5.41) is 21.2. The van der Waals surface area contributed by atoms with Gasteiger partial charge in [0.15, 0.2) is 0 Å². The highest BCUT2D eigenvalue weighted by Crippen LogP contribution is 2.26. The number of hydrogen-bond acceptors (Lipinski definition) is 4. The summed E-state index contributed by atoms with van der Waals surface area (Å²) in [6.07, 6.45) is 1.57. The molecule has 1 fully saturated rings. The Morgan fingerprint density at radius 3 is 2.82 bits per heavy atom. The van der Waals surface area contributed by atoms with Crippen molar-refractivity contribution >= 4 is 5.97 Å². The van der Waals surface area contributed by atoms with Gasteiger partial charge in [0.1, 0.15) is 17.1 Å². The Labute approximate surface area is 99.4 Å². The third kappa shape index (κ3) is 2.87. The monoisotopic (exact) mass is 239 g/mol. The summed E-state index contributed by atoms with van der Waals surface area (Å²) < 4.78 is 5.34. The number of carbonyl (C=O) groups is 1. The number of rotatable bonds is 5. The molecule has 17 heavy (non-hydrogen) atoms. The van der Waals surface area contributed by atoms with Gasteiger partial charge in [0.05, 0.1) is 12.6 Å². The lowest BCUT2D eigenvalue weighted by Gasteiger charge is -2.31. The molecule has 0 unspecified atom stereocenters. The predicted octanol–water partition coefficient (Wildman–Crippen LogP) is 1.15. The van der Waals surface area contributed by atoms with Gasteiger partial charge < -0.3 is 19.9 Å². The number of carboxylic acid groups (broad SMARTS) is 1. The molecule has 1 heterocycles. The van der Waals surface area contributed by atoms with Gasteiger partial charge in [-0.15, -0.1) is 0 Å². The lowest BCUT2D eigenvalue weighted by atomic mass is 9.82. The van der Waals surface area contributed by atoms with E-state index in [4.69, 9.17) is 14.6 Å². The van der Waals surface area contributed by atoms with Crippen molar-refractivity contribution in [2.45, 2.75) is 32.4 Å². The molecule has 1 aromatic rings. The second-order valence-electron chi connectivity index (χ2n) is 4.61. The van der Waals surface area contributed by atoms with Crippen molar-refractivity contribution in [3.63, 3.8) is 0 Å². The number of aliphatic hydroxyl groups is 1. The van der Waals surface area contributed by atoms with E-state index in [-0.39, 0.29) is 11.7 Å². The number of nitrogens with one attached hydrogen (secondary N) is 1. The molecular formula is C12H17NO4. The largest absolute Gasteiger partial charge is 0.478 e. The Hall–Kier alpha value is -1.33. The molecule has 5 heteroatoms. The Bertz CT molecular complexity index is 407. The van der Waals surface area contributed by atoms with Crippen LogP contribution in [0.5, 0.6) is 0 Å². The van der Waals surface area contributed by atoms with Crippen LogP contribution >= 0.6 is 0 Å². The number of aliphatic hydroxyl groups excluding tert-OH is 1. The third-order valence-corrected chi connectivity index (χ3v) is 3.14. The van der Waals surface area contributed by atoms with E-state index in [1.54, 1.807) is 13.0 Å². The molecule has 0 aromatic carbocycles. The van der Waals surface area contributed by atoms with Crippen LogP contribution in [0.25, 0.3) is 0 Å². The van der Waals surface area contributed by atoms with Crippen LogP contribution in [0.4, 0.5) is 0 Å². The molecule has 3 N–H and O–H groups in total. The first-order valence-electron chi connectivity index (χ1n) is 5.77. The summed E-state index contributed by atoms with van der Waals surface area (Å²) in [6, 6.07) is 1.56. The van der Waals surface area contributed by atoms with Gasteiger partial charge in [0.2, 0.25) is 0 Å². The van der Waals surface area contributed by atoms with Gasteiger partial charge in [0, 0.05) is 0 Å². The maximum Gasteiger partial charge on any atom is 0.339 e. The quantitative estimate of drug-likeness (QED) is 0.718. The van der Waals surface area contributed by atoms with Crippen molar-refractivity contribution in [1.29, 1.82) is 0 Å². The first-order chi connectivity index (χ1) is 8.06. The first kappa shape index (κ1) is 12.1. The van der Waals surface area contributed by atoms with Crippen LogP contribution in [0.15, 0.2) is 10.5 Å². The normalized spacial score (nSPS) is 23.4. The van der Waals surface area contributed by atoms with Crippen molar-refractivity contribution < 1.29 is 19.4 Å². The van der Waals surface area contributed by atoms with Crippen LogP contribution in [0.2, 0.25) is 0 Å². The third-order valence-electron chi connectivity index (χ3n) is 3.14. The maximum atomic E-state index is 10.8. The lowest BCUT2D eigenvalue weighted by Crippen LogP contribution is -2.35. The van der Waals surface area contributed by atoms with E-state index < -0.39 is 5.97 Å². The molecule has 0 amide bonds. The predicted molar refractivity (Wildman–Crippen MR) is 60.8 cm³/mol. The fourth-order valence-electron chi connectivity index (χ4n) is 2.11. The minimum Gasteiger partial charge on any atom is -0.478 e. The van der Waals surface area contributed by atoms with Crippen molar-refractivity contribution in [1.82, 2.24) is 5.32 Å². The summed E-state index contributed by atoms with van der Waals surface area (Å²) in [7, 11) is 0. The molecule has 5 nitrogen and oxygen atoms in total. The zero-order valence-corrected chi connectivity index (χ0v) is 9.77. The second-order valence-corrected chi connectivity index (χ2v) is 4.61. The number of aromatic carboxylic acids is 1. The first-order valence-corrected chi connectivity index (χ1v) is 5.77. The molecule has 0 atom stereocenters. The van der Waals surface area contributed by atoms with E-state index >= 15 is 0 Å². The van der Waals surface area contributed by atoms with Gasteiger partial charge in [-0.2, -0.15) is 0 Å². The zero-order chi connectivity index (χ0) is 12.4. The van der Waals surface area contributed by atoms with Gasteiger partial charge in [-0.3, -0.25) is 0 Å². The maximum absolute atomic E-state index is 10.8. The second kappa shape index (κ2) is 4.89. The number of carboxylic acids is 1. The van der Waals surface area contributed by atoms with Crippen LogP contribution in [0.3, 0.4) is 0 Å². The number of furan rings is 1. The van der Waals surface area contributed by atoms with Gasteiger partial charge in [-0.25, -0.2) is 4.79 Å². The standard InChI is InChI=1S/C12H17NO4/c1-7-11(12(15)16)4-10(17-7)6-13-5-8-2-9(14)3-8/h4,8-9,13-14H,2-3,5-6H2,1H3,(H,15,16). The van der Waals surface area contributed by atoms with E-state index in [0.29, 0.717) is 24.0 Å². The van der Waals surface area contributed by atoms with E-state index in [1.165, 1.54) is 0 Å². The molecule has 1 aromatic heterocycles. The SMILES string of the molecule is Cc1oc(CNCC2CC(O)C2)cc1C(=O)O. The summed E-state index contributed by atoms with van der Waals surface area (Å²) in [4.78, 5) is 10.8.